The number of fused-ring (bicyclic) bond motifs is 1. The lowest BCUT2D eigenvalue weighted by molar-refractivity contribution is -0.114. The topological polar surface area (TPSA) is 87.3 Å². The van der Waals surface area contributed by atoms with Crippen LogP contribution >= 0.6 is 11.8 Å². The molecule has 4 rings (SSSR count). The monoisotopic (exact) mass is 448 g/mol. The Morgan fingerprint density at radius 2 is 1.84 bits per heavy atom. The highest BCUT2D eigenvalue weighted by molar-refractivity contribution is 8.26. The van der Waals surface area contributed by atoms with E-state index < -0.39 is 5.91 Å². The van der Waals surface area contributed by atoms with Crippen molar-refractivity contribution >= 4 is 39.8 Å². The van der Waals surface area contributed by atoms with Crippen LogP contribution in [0.15, 0.2) is 58.1 Å². The smallest absolute Gasteiger partial charge is 0.283 e. The molecular weight excluding hydrogens is 424 g/mol. The fourth-order valence-electron chi connectivity index (χ4n) is 3.27. The van der Waals surface area contributed by atoms with E-state index in [2.05, 4.69) is 23.1 Å². The number of amidine groups is 2. The zero-order chi connectivity index (χ0) is 22.7. The Hall–Kier alpha value is -3.39. The van der Waals surface area contributed by atoms with Crippen LogP contribution in [0, 0.1) is 19.3 Å². The van der Waals surface area contributed by atoms with Gasteiger partial charge in [0.05, 0.1) is 5.57 Å². The number of ether oxygens (including phenoxy) is 2. The zero-order valence-corrected chi connectivity index (χ0v) is 19.0. The number of nitrogens with zero attached hydrogens (tertiary/aromatic N) is 3. The third kappa shape index (κ3) is 4.75. The van der Waals surface area contributed by atoms with Crippen LogP contribution in [0.4, 0.5) is 0 Å². The highest BCUT2D eigenvalue weighted by Crippen LogP contribution is 2.29. The summed E-state index contributed by atoms with van der Waals surface area (Å²) in [5, 5.41) is 15.4. The van der Waals surface area contributed by atoms with Crippen molar-refractivity contribution < 1.29 is 14.3 Å². The van der Waals surface area contributed by atoms with Crippen molar-refractivity contribution in [3.8, 4) is 11.5 Å². The summed E-state index contributed by atoms with van der Waals surface area (Å²) in [6, 6.07) is 13.4. The van der Waals surface area contributed by atoms with Gasteiger partial charge in [-0.15, -0.1) is 0 Å². The molecule has 1 amide bonds. The van der Waals surface area contributed by atoms with Crippen LogP contribution < -0.4 is 9.47 Å². The van der Waals surface area contributed by atoms with E-state index in [-0.39, 0.29) is 11.4 Å². The van der Waals surface area contributed by atoms with Gasteiger partial charge in [-0.3, -0.25) is 10.2 Å². The van der Waals surface area contributed by atoms with Gasteiger partial charge in [0.1, 0.15) is 29.8 Å². The molecular formula is C24H24N4O3S. The minimum Gasteiger partial charge on any atom is -0.490 e. The average Bonchev–Trinajstić information content (AvgIpc) is 3.19. The molecule has 2 heterocycles. The summed E-state index contributed by atoms with van der Waals surface area (Å²) in [7, 11) is 0. The van der Waals surface area contributed by atoms with Gasteiger partial charge in [0.2, 0.25) is 5.17 Å². The Labute approximate surface area is 191 Å². The van der Waals surface area contributed by atoms with E-state index in [9.17, 15) is 4.79 Å². The molecule has 0 saturated carbocycles. The molecule has 1 N–H and O–H groups in total. The van der Waals surface area contributed by atoms with Crippen molar-refractivity contribution in [2.75, 3.05) is 13.2 Å². The number of hydrogen-bond acceptors (Lipinski definition) is 6. The van der Waals surface area contributed by atoms with Crippen LogP contribution in [-0.2, 0) is 4.79 Å². The third-order valence-electron chi connectivity index (χ3n) is 4.93. The second-order valence-electron chi connectivity index (χ2n) is 7.40. The van der Waals surface area contributed by atoms with E-state index in [4.69, 9.17) is 14.9 Å². The molecule has 2 aromatic rings. The van der Waals surface area contributed by atoms with Crippen molar-refractivity contribution in [1.29, 1.82) is 5.41 Å². The highest BCUT2D eigenvalue weighted by atomic mass is 32.2. The van der Waals surface area contributed by atoms with Gasteiger partial charge in [-0.05, 0) is 67.4 Å². The molecule has 2 aliphatic heterocycles. The number of amides is 1. The van der Waals surface area contributed by atoms with E-state index in [1.54, 1.807) is 6.08 Å². The maximum Gasteiger partial charge on any atom is 0.283 e. The molecule has 7 nitrogen and oxygen atoms in total. The molecule has 0 unspecified atom stereocenters. The molecule has 0 fully saturated rings. The van der Waals surface area contributed by atoms with Gasteiger partial charge in [-0.2, -0.15) is 15.1 Å². The van der Waals surface area contributed by atoms with E-state index in [1.165, 1.54) is 22.3 Å². The Bertz CT molecular complexity index is 1150. The Morgan fingerprint density at radius 3 is 2.56 bits per heavy atom. The molecule has 164 valence electrons. The van der Waals surface area contributed by atoms with Gasteiger partial charge >= 0.3 is 0 Å². The molecule has 0 radical (unpaired) electrons. The quantitative estimate of drug-likeness (QED) is 0.486. The highest BCUT2D eigenvalue weighted by Gasteiger charge is 2.34. The predicted molar refractivity (Wildman–Crippen MR) is 129 cm³/mol. The van der Waals surface area contributed by atoms with Crippen LogP contribution in [0.25, 0.3) is 6.08 Å². The van der Waals surface area contributed by atoms with Crippen molar-refractivity contribution in [3.63, 3.8) is 0 Å². The van der Waals surface area contributed by atoms with Gasteiger partial charge in [0.15, 0.2) is 5.84 Å². The number of hydrogen-bond donors (Lipinski definition) is 1. The first kappa shape index (κ1) is 21.8. The standard InChI is InChI=1S/C24H24N4O3S/c1-4-21-27-28-22(25)19(23(29)26-24(28)32-21)14-17-6-8-18(9-7-17)30-11-12-31-20-10-5-15(2)13-16(20)3/h5-10,13-14,25H,4,11-12H2,1-3H3/b19-14+,25-22?. The van der Waals surface area contributed by atoms with Gasteiger partial charge in [-0.25, -0.2) is 0 Å². The van der Waals surface area contributed by atoms with Crippen molar-refractivity contribution in [2.24, 2.45) is 10.1 Å². The number of aliphatic imine (C=N–C) groups is 1. The normalized spacial score (nSPS) is 16.7. The van der Waals surface area contributed by atoms with Crippen LogP contribution in [-0.4, -0.2) is 40.2 Å². The largest absolute Gasteiger partial charge is 0.490 e. The fourth-order valence-corrected chi connectivity index (χ4v) is 4.10. The lowest BCUT2D eigenvalue weighted by Crippen LogP contribution is -2.35. The summed E-state index contributed by atoms with van der Waals surface area (Å²) in [6.07, 6.45) is 2.39. The molecule has 0 atom stereocenters. The minimum atomic E-state index is -0.426. The molecule has 0 spiro atoms. The molecule has 2 aromatic carbocycles. The Kier molecular flexibility index (Phi) is 6.41. The van der Waals surface area contributed by atoms with Crippen LogP contribution in [0.3, 0.4) is 0 Å². The van der Waals surface area contributed by atoms with Crippen LogP contribution in [0.2, 0.25) is 0 Å². The van der Waals surface area contributed by atoms with Gasteiger partial charge < -0.3 is 9.47 Å². The first-order valence-corrected chi connectivity index (χ1v) is 11.2. The third-order valence-corrected chi connectivity index (χ3v) is 5.98. The summed E-state index contributed by atoms with van der Waals surface area (Å²) in [4.78, 5) is 16.5. The molecule has 0 saturated heterocycles. The second-order valence-corrected chi connectivity index (χ2v) is 8.44. The summed E-state index contributed by atoms with van der Waals surface area (Å²) in [5.41, 5.74) is 3.30. The number of carbonyl (C=O) groups excluding carboxylic acids is 1. The summed E-state index contributed by atoms with van der Waals surface area (Å²) in [6.45, 7) is 6.91. The number of aryl methyl sites for hydroxylation is 2. The first-order chi connectivity index (χ1) is 15.4. The van der Waals surface area contributed by atoms with Crippen LogP contribution in [0.5, 0.6) is 11.5 Å². The lowest BCUT2D eigenvalue weighted by atomic mass is 10.1. The van der Waals surface area contributed by atoms with Gasteiger partial charge in [0.25, 0.3) is 5.91 Å². The summed E-state index contributed by atoms with van der Waals surface area (Å²) < 4.78 is 11.5. The van der Waals surface area contributed by atoms with Crippen molar-refractivity contribution in [3.05, 3.63) is 64.7 Å². The fraction of sp³-hybridized carbons (Fsp3) is 0.250. The van der Waals surface area contributed by atoms with E-state index in [0.717, 1.165) is 28.3 Å². The predicted octanol–water partition coefficient (Wildman–Crippen LogP) is 4.79. The van der Waals surface area contributed by atoms with E-state index in [1.807, 2.05) is 50.2 Å². The molecule has 0 aliphatic carbocycles. The molecule has 0 bridgehead atoms. The van der Waals surface area contributed by atoms with E-state index >= 15 is 0 Å². The van der Waals surface area contributed by atoms with Gasteiger partial charge in [0, 0.05) is 0 Å². The maximum atomic E-state index is 12.4. The number of thioether (sulfide) groups is 1. The SMILES string of the molecule is CCC1=NN2C(=N)/C(=C\c3ccc(OCCOc4ccc(C)cc4C)cc3)C(=O)N=C2S1. The van der Waals surface area contributed by atoms with Gasteiger partial charge in [-0.1, -0.05) is 36.8 Å². The Morgan fingerprint density at radius 1 is 1.09 bits per heavy atom. The Balaban J connectivity index is 1.35. The van der Waals surface area contributed by atoms with Crippen molar-refractivity contribution in [2.45, 2.75) is 27.2 Å². The minimum absolute atomic E-state index is 0.0415. The summed E-state index contributed by atoms with van der Waals surface area (Å²) >= 11 is 1.33. The zero-order valence-electron chi connectivity index (χ0n) is 18.2. The first-order valence-electron chi connectivity index (χ1n) is 10.4. The van der Waals surface area contributed by atoms with E-state index in [0.29, 0.717) is 24.1 Å². The number of rotatable bonds is 7. The number of hydrazone groups is 1. The molecule has 2 aliphatic rings. The molecule has 32 heavy (non-hydrogen) atoms. The number of nitrogens with one attached hydrogen (secondary N) is 1. The average molecular weight is 449 g/mol. The lowest BCUT2D eigenvalue weighted by Gasteiger charge is -2.20. The molecule has 0 aromatic heterocycles. The molecule has 8 heteroatoms. The van der Waals surface area contributed by atoms with Crippen LogP contribution in [0.1, 0.15) is 30.0 Å². The number of benzene rings is 2. The number of carbonyl (C=O) groups is 1. The second kappa shape index (κ2) is 9.40. The maximum absolute atomic E-state index is 12.4. The van der Waals surface area contributed by atoms with Crippen molar-refractivity contribution in [1.82, 2.24) is 5.01 Å². The summed E-state index contributed by atoms with van der Waals surface area (Å²) in [5.74, 6) is 1.18.